The zero-order valence-corrected chi connectivity index (χ0v) is 15.5. The molecule has 0 atom stereocenters. The monoisotopic (exact) mass is 325 g/mol. The van der Waals surface area contributed by atoms with Crippen LogP contribution in [0.2, 0.25) is 0 Å². The van der Waals surface area contributed by atoms with E-state index in [4.69, 9.17) is 0 Å². The van der Waals surface area contributed by atoms with Gasteiger partial charge in [0.2, 0.25) is 0 Å². The van der Waals surface area contributed by atoms with Crippen molar-refractivity contribution in [3.05, 3.63) is 42.5 Å². The SMILES string of the molecule is CCCCCCCCCCCCCNc1ccc2ccccc2c1. The Morgan fingerprint density at radius 1 is 0.625 bits per heavy atom. The molecular weight excluding hydrogens is 290 g/mol. The number of benzene rings is 2. The molecule has 0 aliphatic heterocycles. The Morgan fingerprint density at radius 3 is 1.88 bits per heavy atom. The molecule has 0 fully saturated rings. The van der Waals surface area contributed by atoms with Crippen LogP contribution in [-0.4, -0.2) is 6.54 Å². The van der Waals surface area contributed by atoms with Gasteiger partial charge in [-0.25, -0.2) is 0 Å². The van der Waals surface area contributed by atoms with Gasteiger partial charge in [-0.05, 0) is 29.3 Å². The van der Waals surface area contributed by atoms with Crippen LogP contribution in [0.25, 0.3) is 10.8 Å². The van der Waals surface area contributed by atoms with Crippen molar-refractivity contribution in [2.24, 2.45) is 0 Å². The molecule has 0 amide bonds. The van der Waals surface area contributed by atoms with Crippen LogP contribution in [0.1, 0.15) is 77.6 Å². The predicted octanol–water partition coefficient (Wildman–Crippen LogP) is 7.56. The summed E-state index contributed by atoms with van der Waals surface area (Å²) in [6, 6.07) is 15.2. The molecule has 0 radical (unpaired) electrons. The van der Waals surface area contributed by atoms with Gasteiger partial charge in [0.05, 0.1) is 0 Å². The zero-order valence-electron chi connectivity index (χ0n) is 15.5. The Kier molecular flexibility index (Phi) is 9.38. The van der Waals surface area contributed by atoms with E-state index in [1.807, 2.05) is 0 Å². The summed E-state index contributed by atoms with van der Waals surface area (Å²) in [4.78, 5) is 0. The number of rotatable bonds is 13. The fourth-order valence-electron chi connectivity index (χ4n) is 3.32. The summed E-state index contributed by atoms with van der Waals surface area (Å²) in [6.07, 6.45) is 15.4. The summed E-state index contributed by atoms with van der Waals surface area (Å²) >= 11 is 0. The van der Waals surface area contributed by atoms with Crippen LogP contribution >= 0.6 is 0 Å². The van der Waals surface area contributed by atoms with Gasteiger partial charge in [-0.3, -0.25) is 0 Å². The summed E-state index contributed by atoms with van der Waals surface area (Å²) in [5.74, 6) is 0. The van der Waals surface area contributed by atoms with Crippen molar-refractivity contribution in [1.29, 1.82) is 0 Å². The van der Waals surface area contributed by atoms with E-state index in [0.29, 0.717) is 0 Å². The number of fused-ring (bicyclic) bond motifs is 1. The summed E-state index contributed by atoms with van der Waals surface area (Å²) < 4.78 is 0. The number of hydrogen-bond acceptors (Lipinski definition) is 1. The Labute approximate surface area is 148 Å². The van der Waals surface area contributed by atoms with Crippen molar-refractivity contribution in [3.8, 4) is 0 Å². The van der Waals surface area contributed by atoms with Gasteiger partial charge in [-0.2, -0.15) is 0 Å². The molecule has 0 spiro atoms. The molecule has 2 rings (SSSR count). The highest BCUT2D eigenvalue weighted by Gasteiger charge is 1.96. The van der Waals surface area contributed by atoms with Crippen molar-refractivity contribution < 1.29 is 0 Å². The molecule has 0 bridgehead atoms. The van der Waals surface area contributed by atoms with Gasteiger partial charge in [0, 0.05) is 12.2 Å². The number of anilines is 1. The zero-order chi connectivity index (χ0) is 16.9. The van der Waals surface area contributed by atoms with Crippen LogP contribution in [-0.2, 0) is 0 Å². The smallest absolute Gasteiger partial charge is 0.0346 e. The largest absolute Gasteiger partial charge is 0.385 e. The maximum absolute atomic E-state index is 3.57. The normalized spacial score (nSPS) is 11.0. The van der Waals surface area contributed by atoms with Crippen LogP contribution < -0.4 is 5.32 Å². The van der Waals surface area contributed by atoms with Crippen LogP contribution in [0.4, 0.5) is 5.69 Å². The molecule has 1 N–H and O–H groups in total. The van der Waals surface area contributed by atoms with E-state index in [1.54, 1.807) is 0 Å². The first kappa shape index (κ1) is 18.8. The van der Waals surface area contributed by atoms with Gasteiger partial charge in [0.1, 0.15) is 0 Å². The van der Waals surface area contributed by atoms with E-state index >= 15 is 0 Å². The number of hydrogen-bond donors (Lipinski definition) is 1. The van der Waals surface area contributed by atoms with Gasteiger partial charge in [-0.1, -0.05) is 101 Å². The number of unbranched alkanes of at least 4 members (excludes halogenated alkanes) is 10. The lowest BCUT2D eigenvalue weighted by Gasteiger charge is -2.08. The molecule has 1 heteroatoms. The highest BCUT2D eigenvalue weighted by atomic mass is 14.9. The summed E-state index contributed by atoms with van der Waals surface area (Å²) in [5.41, 5.74) is 1.25. The van der Waals surface area contributed by atoms with Crippen molar-refractivity contribution >= 4 is 16.5 Å². The van der Waals surface area contributed by atoms with Gasteiger partial charge in [0.25, 0.3) is 0 Å². The molecule has 132 valence electrons. The van der Waals surface area contributed by atoms with Gasteiger partial charge in [0.15, 0.2) is 0 Å². The highest BCUT2D eigenvalue weighted by Crippen LogP contribution is 2.19. The Morgan fingerprint density at radius 2 is 1.21 bits per heavy atom. The summed E-state index contributed by atoms with van der Waals surface area (Å²) in [5, 5.41) is 6.21. The lowest BCUT2D eigenvalue weighted by atomic mass is 10.1. The molecule has 0 aliphatic rings. The highest BCUT2D eigenvalue weighted by molar-refractivity contribution is 5.85. The first-order valence-electron chi connectivity index (χ1n) is 10.1. The minimum Gasteiger partial charge on any atom is -0.385 e. The van der Waals surface area contributed by atoms with Crippen LogP contribution in [0, 0.1) is 0 Å². The molecule has 0 aliphatic carbocycles. The van der Waals surface area contributed by atoms with Crippen LogP contribution in [0.3, 0.4) is 0 Å². The second kappa shape index (κ2) is 11.9. The third-order valence-electron chi connectivity index (χ3n) is 4.86. The van der Waals surface area contributed by atoms with E-state index in [-0.39, 0.29) is 0 Å². The quantitative estimate of drug-likeness (QED) is 0.375. The fourth-order valence-corrected chi connectivity index (χ4v) is 3.32. The van der Waals surface area contributed by atoms with E-state index in [2.05, 4.69) is 54.7 Å². The predicted molar refractivity (Wildman–Crippen MR) is 109 cm³/mol. The Balaban J connectivity index is 1.46. The second-order valence-corrected chi connectivity index (χ2v) is 7.02. The van der Waals surface area contributed by atoms with Crippen molar-refractivity contribution in [3.63, 3.8) is 0 Å². The van der Waals surface area contributed by atoms with E-state index in [9.17, 15) is 0 Å². The maximum atomic E-state index is 3.57. The van der Waals surface area contributed by atoms with E-state index in [1.165, 1.54) is 87.1 Å². The van der Waals surface area contributed by atoms with Gasteiger partial charge in [-0.15, -0.1) is 0 Å². The van der Waals surface area contributed by atoms with Crippen molar-refractivity contribution in [1.82, 2.24) is 0 Å². The van der Waals surface area contributed by atoms with Crippen molar-refractivity contribution in [2.75, 3.05) is 11.9 Å². The molecule has 2 aromatic rings. The summed E-state index contributed by atoms with van der Waals surface area (Å²) in [6.45, 7) is 3.38. The molecule has 1 nitrogen and oxygen atoms in total. The lowest BCUT2D eigenvalue weighted by Crippen LogP contribution is -2.01. The average molecular weight is 326 g/mol. The minimum atomic E-state index is 1.09. The molecule has 0 saturated carbocycles. The Hall–Kier alpha value is -1.50. The molecule has 0 saturated heterocycles. The van der Waals surface area contributed by atoms with Crippen LogP contribution in [0.5, 0.6) is 0 Å². The van der Waals surface area contributed by atoms with Gasteiger partial charge < -0.3 is 5.32 Å². The topological polar surface area (TPSA) is 12.0 Å². The standard InChI is InChI=1S/C23H35N/c1-2-3-4-5-6-7-8-9-10-11-14-19-24-23-18-17-21-15-12-13-16-22(21)20-23/h12-13,15-18,20,24H,2-11,14,19H2,1H3. The minimum absolute atomic E-state index is 1.09. The average Bonchev–Trinajstić information content (AvgIpc) is 2.62. The first-order chi connectivity index (χ1) is 11.9. The summed E-state index contributed by atoms with van der Waals surface area (Å²) in [7, 11) is 0. The molecule has 0 aromatic heterocycles. The van der Waals surface area contributed by atoms with Crippen molar-refractivity contribution in [2.45, 2.75) is 77.6 Å². The number of nitrogens with one attached hydrogen (secondary N) is 1. The van der Waals surface area contributed by atoms with Crippen LogP contribution in [0.15, 0.2) is 42.5 Å². The lowest BCUT2D eigenvalue weighted by molar-refractivity contribution is 0.552. The molecule has 0 heterocycles. The van der Waals surface area contributed by atoms with Gasteiger partial charge >= 0.3 is 0 Å². The third-order valence-corrected chi connectivity index (χ3v) is 4.86. The maximum Gasteiger partial charge on any atom is 0.0346 e. The fraction of sp³-hybridized carbons (Fsp3) is 0.565. The molecule has 24 heavy (non-hydrogen) atoms. The first-order valence-corrected chi connectivity index (χ1v) is 10.1. The Bertz CT molecular complexity index is 561. The van der Waals surface area contributed by atoms with E-state index in [0.717, 1.165) is 6.54 Å². The van der Waals surface area contributed by atoms with E-state index < -0.39 is 0 Å². The second-order valence-electron chi connectivity index (χ2n) is 7.02. The molecule has 0 unspecified atom stereocenters. The third kappa shape index (κ3) is 7.38. The molecular formula is C23H35N. The molecule has 2 aromatic carbocycles.